The monoisotopic (exact) mass is 480 g/mol. The molecule has 0 spiro atoms. The molecule has 0 aromatic rings. The molecule has 1 N–H and O–H groups in total. The number of phosphoric acid groups is 1. The summed E-state index contributed by atoms with van der Waals surface area (Å²) in [7, 11) is -1.49. The third kappa shape index (κ3) is 17.5. The van der Waals surface area contributed by atoms with Crippen LogP contribution in [0.25, 0.3) is 0 Å². The largest absolute Gasteiger partial charge is 0.472 e. The second-order valence-electron chi connectivity index (χ2n) is 9.74. The van der Waals surface area contributed by atoms with Gasteiger partial charge in [0.1, 0.15) is 0 Å². The predicted octanol–water partition coefficient (Wildman–Crippen LogP) is 8.22. The molecule has 5 nitrogen and oxygen atoms in total. The first-order valence-corrected chi connectivity index (χ1v) is 14.7. The highest BCUT2D eigenvalue weighted by Gasteiger charge is 2.25. The van der Waals surface area contributed by atoms with Gasteiger partial charge in [-0.05, 0) is 31.1 Å². The first-order chi connectivity index (χ1) is 14.8. The average Bonchev–Trinajstić information content (AvgIpc) is 3.19. The molecular formula is C26H59NO4P+. The molecule has 0 saturated carbocycles. The summed E-state index contributed by atoms with van der Waals surface area (Å²) in [5.74, 6) is 0.687. The molecule has 1 aliphatic rings. The minimum Gasteiger partial charge on any atom is -0.326 e. The van der Waals surface area contributed by atoms with Crippen LogP contribution in [0.1, 0.15) is 119 Å². The molecule has 0 aromatic carbocycles. The maximum atomic E-state index is 11.9. The summed E-state index contributed by atoms with van der Waals surface area (Å²) in [5, 5.41) is 0. The van der Waals surface area contributed by atoms with Crippen molar-refractivity contribution in [1.29, 1.82) is 0 Å². The van der Waals surface area contributed by atoms with Crippen LogP contribution in [0.3, 0.4) is 0 Å². The van der Waals surface area contributed by atoms with Gasteiger partial charge in [0, 0.05) is 12.8 Å². The van der Waals surface area contributed by atoms with Crippen molar-refractivity contribution in [3.8, 4) is 0 Å². The molecule has 0 amide bonds. The van der Waals surface area contributed by atoms with Crippen molar-refractivity contribution in [1.82, 2.24) is 0 Å². The lowest BCUT2D eigenvalue weighted by Crippen LogP contribution is -2.41. The van der Waals surface area contributed by atoms with Crippen LogP contribution in [0.5, 0.6) is 0 Å². The van der Waals surface area contributed by atoms with Crippen molar-refractivity contribution >= 4 is 7.82 Å². The van der Waals surface area contributed by atoms with E-state index in [1.54, 1.807) is 0 Å². The third-order valence-corrected chi connectivity index (χ3v) is 7.68. The van der Waals surface area contributed by atoms with Crippen molar-refractivity contribution in [2.45, 2.75) is 119 Å². The Morgan fingerprint density at radius 1 is 0.812 bits per heavy atom. The fraction of sp³-hybridized carbons (Fsp3) is 1.00. The van der Waals surface area contributed by atoms with E-state index in [1.165, 1.54) is 49.8 Å². The molecule has 0 bridgehead atoms. The minimum atomic E-state index is -3.89. The summed E-state index contributed by atoms with van der Waals surface area (Å²) in [4.78, 5) is 9.77. The molecule has 1 aliphatic heterocycles. The maximum Gasteiger partial charge on any atom is 0.472 e. The summed E-state index contributed by atoms with van der Waals surface area (Å²) in [5.41, 5.74) is 0. The summed E-state index contributed by atoms with van der Waals surface area (Å²) < 4.78 is 23.6. The molecule has 6 heteroatoms. The second-order valence-corrected chi connectivity index (χ2v) is 11.2. The molecule has 1 rings (SSSR count). The summed E-state index contributed by atoms with van der Waals surface area (Å²) in [6.07, 6.45) is 14.2. The summed E-state index contributed by atoms with van der Waals surface area (Å²) in [6, 6.07) is 0. The Labute approximate surface area is 201 Å². The molecule has 0 aromatic heterocycles. The van der Waals surface area contributed by atoms with Gasteiger partial charge in [-0.2, -0.15) is 0 Å². The smallest absolute Gasteiger partial charge is 0.326 e. The number of unbranched alkanes of at least 4 members (excludes halogenated alkanes) is 3. The first kappa shape index (κ1) is 34.2. The van der Waals surface area contributed by atoms with Crippen LogP contribution >= 0.6 is 7.82 Å². The molecule has 1 heterocycles. The van der Waals surface area contributed by atoms with Gasteiger partial charge in [0.15, 0.2) is 0 Å². The maximum absolute atomic E-state index is 11.9. The molecule has 0 radical (unpaired) electrons. The van der Waals surface area contributed by atoms with E-state index in [9.17, 15) is 9.46 Å². The zero-order chi connectivity index (χ0) is 23.6. The highest BCUT2D eigenvalue weighted by Crippen LogP contribution is 2.44. The number of likely N-dealkylation sites (tertiary alicyclic amines) is 1. The van der Waals surface area contributed by atoms with Crippen LogP contribution in [0.15, 0.2) is 0 Å². The van der Waals surface area contributed by atoms with Gasteiger partial charge in [0.2, 0.25) is 0 Å². The number of nitrogens with zero attached hydrogens (tertiary/aromatic N) is 1. The zero-order valence-electron chi connectivity index (χ0n) is 21.7. The van der Waals surface area contributed by atoms with E-state index in [0.29, 0.717) is 25.0 Å². The van der Waals surface area contributed by atoms with Crippen LogP contribution in [-0.4, -0.2) is 49.3 Å². The van der Waals surface area contributed by atoms with E-state index in [1.807, 2.05) is 0 Å². The van der Waals surface area contributed by atoms with Gasteiger partial charge in [-0.3, -0.25) is 9.05 Å². The molecule has 2 unspecified atom stereocenters. The van der Waals surface area contributed by atoms with E-state index in [0.717, 1.165) is 51.4 Å². The Bertz CT molecular complexity index is 431. The molecule has 2 atom stereocenters. The summed E-state index contributed by atoms with van der Waals surface area (Å²) >= 11 is 0. The SMILES string of the molecule is C.CCCCC(CC)COP(=O)(O)OCC(CC)CCCC.CCCC[N+]1(C)CCCC1. The van der Waals surface area contributed by atoms with E-state index in [-0.39, 0.29) is 7.43 Å². The standard InChI is InChI=1S/C16H35O4P.C9H20N.CH4/c1-5-9-11-15(7-3)13-19-21(17,18)20-14-16(8-4)12-10-6-2;1-3-4-7-10(2)8-5-6-9-10;/h15-16H,5-14H2,1-4H3,(H,17,18);3-9H2,1-2H3;1H4/q;+1;. The number of rotatable bonds is 17. The fourth-order valence-corrected chi connectivity index (χ4v) is 4.97. The Morgan fingerprint density at radius 3 is 1.56 bits per heavy atom. The molecule has 196 valence electrons. The van der Waals surface area contributed by atoms with Gasteiger partial charge in [-0.25, -0.2) is 4.57 Å². The van der Waals surface area contributed by atoms with Gasteiger partial charge in [-0.15, -0.1) is 0 Å². The Kier molecular flexibility index (Phi) is 21.9. The molecule has 0 aliphatic carbocycles. The molecule has 1 fully saturated rings. The fourth-order valence-electron chi connectivity index (χ4n) is 4.09. The van der Waals surface area contributed by atoms with Gasteiger partial charge < -0.3 is 9.38 Å². The first-order valence-electron chi connectivity index (χ1n) is 13.2. The lowest BCUT2D eigenvalue weighted by molar-refractivity contribution is -0.897. The third-order valence-electron chi connectivity index (χ3n) is 6.73. The number of hydrogen-bond donors (Lipinski definition) is 1. The van der Waals surface area contributed by atoms with Gasteiger partial charge >= 0.3 is 7.82 Å². The Balaban J connectivity index is 0. The molecular weight excluding hydrogens is 421 g/mol. The lowest BCUT2D eigenvalue weighted by atomic mass is 10.0. The van der Waals surface area contributed by atoms with Gasteiger partial charge in [0.25, 0.3) is 0 Å². The van der Waals surface area contributed by atoms with E-state index < -0.39 is 7.82 Å². The summed E-state index contributed by atoms with van der Waals surface area (Å²) in [6.45, 7) is 15.7. The van der Waals surface area contributed by atoms with E-state index >= 15 is 0 Å². The highest BCUT2D eigenvalue weighted by molar-refractivity contribution is 7.47. The van der Waals surface area contributed by atoms with Crippen LogP contribution in [0.4, 0.5) is 0 Å². The zero-order valence-corrected chi connectivity index (χ0v) is 22.6. The number of phosphoric ester groups is 1. The quantitative estimate of drug-likeness (QED) is 0.168. The van der Waals surface area contributed by atoms with Crippen LogP contribution in [-0.2, 0) is 13.6 Å². The lowest BCUT2D eigenvalue weighted by Gasteiger charge is -2.28. The van der Waals surface area contributed by atoms with E-state index in [4.69, 9.17) is 9.05 Å². The van der Waals surface area contributed by atoms with E-state index in [2.05, 4.69) is 41.7 Å². The van der Waals surface area contributed by atoms with Crippen LogP contribution in [0, 0.1) is 11.8 Å². The van der Waals surface area contributed by atoms with Crippen LogP contribution in [0.2, 0.25) is 0 Å². The van der Waals surface area contributed by atoms with Gasteiger partial charge in [0.05, 0.1) is 39.9 Å². The van der Waals surface area contributed by atoms with Gasteiger partial charge in [-0.1, -0.05) is 87.0 Å². The minimum absolute atomic E-state index is 0. The van der Waals surface area contributed by atoms with Crippen molar-refractivity contribution in [3.05, 3.63) is 0 Å². The normalized spacial score (nSPS) is 18.7. The average molecular weight is 481 g/mol. The highest BCUT2D eigenvalue weighted by atomic mass is 31.2. The van der Waals surface area contributed by atoms with Crippen molar-refractivity contribution in [3.63, 3.8) is 0 Å². The Morgan fingerprint density at radius 2 is 1.22 bits per heavy atom. The number of quaternary nitrogens is 1. The van der Waals surface area contributed by atoms with Crippen molar-refractivity contribution < 1.29 is 23.0 Å². The van der Waals surface area contributed by atoms with Crippen molar-refractivity contribution in [2.75, 3.05) is 39.9 Å². The Hall–Kier alpha value is 0.0700. The topological polar surface area (TPSA) is 55.8 Å². The number of hydrogen-bond acceptors (Lipinski definition) is 3. The predicted molar refractivity (Wildman–Crippen MR) is 140 cm³/mol. The second kappa shape index (κ2) is 20.4. The molecule has 1 saturated heterocycles. The van der Waals surface area contributed by atoms with Crippen LogP contribution < -0.4 is 0 Å². The van der Waals surface area contributed by atoms with Crippen molar-refractivity contribution in [2.24, 2.45) is 11.8 Å². The molecule has 32 heavy (non-hydrogen) atoms.